The van der Waals surface area contributed by atoms with Gasteiger partial charge < -0.3 is 15.9 Å². The van der Waals surface area contributed by atoms with Crippen molar-refractivity contribution in [3.63, 3.8) is 0 Å². The van der Waals surface area contributed by atoms with Gasteiger partial charge in [-0.15, -0.1) is 0 Å². The highest BCUT2D eigenvalue weighted by Crippen LogP contribution is 2.30. The number of hydrogen-bond donors (Lipinski definition) is 3. The monoisotopic (exact) mass is 288 g/mol. The number of nitrogens with zero attached hydrogens (tertiary/aromatic N) is 1. The standard InChI is InChI=1S/C11H13ClN2O3S/c1-14(5-9(16)17)10(11(13)18)7-4-6(12)2-3-8(7)15/h2-4,10,15H,5H2,1H3,(H2,13,18)(H,16,17). The molecule has 1 aromatic rings. The predicted molar refractivity (Wildman–Crippen MR) is 72.9 cm³/mol. The summed E-state index contributed by atoms with van der Waals surface area (Å²) in [5, 5.41) is 19.0. The third kappa shape index (κ3) is 3.56. The number of carbonyl (C=O) groups is 1. The van der Waals surface area contributed by atoms with Gasteiger partial charge in [-0.2, -0.15) is 0 Å². The Kier molecular flexibility index (Phi) is 4.89. The number of aromatic hydroxyl groups is 1. The van der Waals surface area contributed by atoms with E-state index >= 15 is 0 Å². The van der Waals surface area contributed by atoms with Gasteiger partial charge in [0, 0.05) is 10.6 Å². The van der Waals surface area contributed by atoms with Gasteiger partial charge in [-0.05, 0) is 25.2 Å². The van der Waals surface area contributed by atoms with Crippen molar-refractivity contribution >= 4 is 34.8 Å². The van der Waals surface area contributed by atoms with Gasteiger partial charge in [-0.25, -0.2) is 0 Å². The number of benzene rings is 1. The van der Waals surface area contributed by atoms with Crippen LogP contribution in [0.2, 0.25) is 5.02 Å². The van der Waals surface area contributed by atoms with Gasteiger partial charge in [0.2, 0.25) is 0 Å². The number of thiocarbonyl (C=S) groups is 1. The lowest BCUT2D eigenvalue weighted by Gasteiger charge is -2.26. The molecule has 0 radical (unpaired) electrons. The van der Waals surface area contributed by atoms with E-state index in [1.54, 1.807) is 7.05 Å². The van der Waals surface area contributed by atoms with E-state index in [-0.39, 0.29) is 17.3 Å². The lowest BCUT2D eigenvalue weighted by molar-refractivity contribution is -0.138. The Morgan fingerprint density at radius 3 is 2.72 bits per heavy atom. The van der Waals surface area contributed by atoms with Crippen LogP contribution in [0.3, 0.4) is 0 Å². The maximum atomic E-state index is 10.7. The lowest BCUT2D eigenvalue weighted by atomic mass is 10.0. The van der Waals surface area contributed by atoms with E-state index in [2.05, 4.69) is 0 Å². The van der Waals surface area contributed by atoms with E-state index < -0.39 is 12.0 Å². The number of phenols is 1. The molecule has 1 unspecified atom stereocenters. The Balaban J connectivity index is 3.15. The molecule has 0 saturated carbocycles. The molecule has 5 nitrogen and oxygen atoms in total. The number of nitrogens with two attached hydrogens (primary N) is 1. The lowest BCUT2D eigenvalue weighted by Crippen LogP contribution is -2.37. The summed E-state index contributed by atoms with van der Waals surface area (Å²) in [5.41, 5.74) is 5.99. The number of phenolic OH excluding ortho intramolecular Hbond substituents is 1. The van der Waals surface area contributed by atoms with Crippen molar-refractivity contribution in [3.8, 4) is 5.75 Å². The number of halogens is 1. The number of carboxylic acids is 1. The normalized spacial score (nSPS) is 12.4. The molecule has 0 saturated heterocycles. The third-order valence-corrected chi connectivity index (χ3v) is 2.84. The number of hydrogen-bond acceptors (Lipinski definition) is 4. The van der Waals surface area contributed by atoms with Gasteiger partial charge in [0.25, 0.3) is 0 Å². The molecule has 0 amide bonds. The molecule has 0 aliphatic rings. The van der Waals surface area contributed by atoms with Crippen molar-refractivity contribution in [2.45, 2.75) is 6.04 Å². The Bertz CT molecular complexity index is 481. The molecule has 1 rings (SSSR count). The van der Waals surface area contributed by atoms with Crippen molar-refractivity contribution in [1.29, 1.82) is 0 Å². The quantitative estimate of drug-likeness (QED) is 0.710. The fourth-order valence-corrected chi connectivity index (χ4v) is 2.14. The molecule has 1 atom stereocenters. The van der Waals surface area contributed by atoms with Gasteiger partial charge >= 0.3 is 5.97 Å². The maximum absolute atomic E-state index is 10.7. The molecule has 0 fully saturated rings. The summed E-state index contributed by atoms with van der Waals surface area (Å²) in [6.45, 7) is -0.256. The number of likely N-dealkylation sites (N-methyl/N-ethyl adjacent to an activating group) is 1. The van der Waals surface area contributed by atoms with Crippen LogP contribution in [0.4, 0.5) is 0 Å². The van der Waals surface area contributed by atoms with Crippen molar-refractivity contribution in [2.75, 3.05) is 13.6 Å². The maximum Gasteiger partial charge on any atom is 0.317 e. The molecule has 0 spiro atoms. The Labute approximate surface area is 115 Å². The van der Waals surface area contributed by atoms with Crippen molar-refractivity contribution < 1.29 is 15.0 Å². The second-order valence-corrected chi connectivity index (χ2v) is 4.72. The minimum atomic E-state index is -1.01. The first-order valence-electron chi connectivity index (χ1n) is 5.02. The minimum Gasteiger partial charge on any atom is -0.508 e. The fourth-order valence-electron chi connectivity index (χ4n) is 1.66. The summed E-state index contributed by atoms with van der Waals surface area (Å²) >= 11 is 10.8. The van der Waals surface area contributed by atoms with Crippen LogP contribution in [0, 0.1) is 0 Å². The first-order valence-corrected chi connectivity index (χ1v) is 5.81. The highest BCUT2D eigenvalue weighted by molar-refractivity contribution is 7.80. The molecule has 18 heavy (non-hydrogen) atoms. The molecule has 98 valence electrons. The summed E-state index contributed by atoms with van der Waals surface area (Å²) < 4.78 is 0. The van der Waals surface area contributed by atoms with Crippen molar-refractivity contribution in [3.05, 3.63) is 28.8 Å². The van der Waals surface area contributed by atoms with E-state index in [1.807, 2.05) is 0 Å². The number of aliphatic carboxylic acids is 1. The molecule has 0 aromatic heterocycles. The molecule has 0 aliphatic carbocycles. The second-order valence-electron chi connectivity index (χ2n) is 3.82. The van der Waals surface area contributed by atoms with Crippen LogP contribution in [0.25, 0.3) is 0 Å². The Morgan fingerprint density at radius 1 is 1.61 bits per heavy atom. The fraction of sp³-hybridized carbons (Fsp3) is 0.273. The summed E-state index contributed by atoms with van der Waals surface area (Å²) in [7, 11) is 1.55. The Morgan fingerprint density at radius 2 is 2.22 bits per heavy atom. The largest absolute Gasteiger partial charge is 0.508 e. The molecule has 0 bridgehead atoms. The SMILES string of the molecule is CN(CC(=O)O)C(C(N)=S)c1cc(Cl)ccc1O. The molecule has 0 heterocycles. The molecule has 1 aromatic carbocycles. The van der Waals surface area contributed by atoms with E-state index in [1.165, 1.54) is 23.1 Å². The summed E-state index contributed by atoms with van der Waals surface area (Å²) in [5.74, 6) is -1.05. The zero-order valence-electron chi connectivity index (χ0n) is 9.63. The smallest absolute Gasteiger partial charge is 0.317 e. The van der Waals surface area contributed by atoms with Crippen LogP contribution in [0.1, 0.15) is 11.6 Å². The van der Waals surface area contributed by atoms with E-state index in [0.717, 1.165) is 0 Å². The molecular weight excluding hydrogens is 276 g/mol. The first-order chi connectivity index (χ1) is 8.32. The van der Waals surface area contributed by atoms with E-state index in [4.69, 9.17) is 34.7 Å². The van der Waals surface area contributed by atoms with Crippen LogP contribution in [-0.4, -0.2) is 39.7 Å². The Hall–Kier alpha value is -1.37. The average molecular weight is 289 g/mol. The summed E-state index contributed by atoms with van der Waals surface area (Å²) in [6, 6.07) is 3.76. The molecule has 0 aliphatic heterocycles. The van der Waals surface area contributed by atoms with Gasteiger partial charge in [0.05, 0.1) is 17.6 Å². The zero-order valence-corrected chi connectivity index (χ0v) is 11.2. The van der Waals surface area contributed by atoms with E-state index in [9.17, 15) is 9.90 Å². The minimum absolute atomic E-state index is 0.0329. The van der Waals surface area contributed by atoms with Gasteiger partial charge in [0.1, 0.15) is 5.75 Å². The molecule has 7 heteroatoms. The van der Waals surface area contributed by atoms with Gasteiger partial charge in [-0.1, -0.05) is 23.8 Å². The second kappa shape index (κ2) is 5.99. The van der Waals surface area contributed by atoms with Crippen LogP contribution >= 0.6 is 23.8 Å². The van der Waals surface area contributed by atoms with Crippen LogP contribution in [0.5, 0.6) is 5.75 Å². The van der Waals surface area contributed by atoms with E-state index in [0.29, 0.717) is 10.6 Å². The first kappa shape index (κ1) is 14.7. The van der Waals surface area contributed by atoms with Gasteiger partial charge in [-0.3, -0.25) is 9.69 Å². The molecular formula is C11H13ClN2O3S. The highest BCUT2D eigenvalue weighted by Gasteiger charge is 2.24. The van der Waals surface area contributed by atoms with Crippen LogP contribution < -0.4 is 5.73 Å². The number of carboxylic acid groups (broad SMARTS) is 1. The average Bonchev–Trinajstić information content (AvgIpc) is 2.21. The van der Waals surface area contributed by atoms with Crippen molar-refractivity contribution in [2.24, 2.45) is 5.73 Å². The molecule has 4 N–H and O–H groups in total. The topological polar surface area (TPSA) is 86.8 Å². The number of rotatable bonds is 5. The third-order valence-electron chi connectivity index (χ3n) is 2.38. The predicted octanol–water partition coefficient (Wildman–Crippen LogP) is 1.39. The highest BCUT2D eigenvalue weighted by atomic mass is 35.5. The summed E-state index contributed by atoms with van der Waals surface area (Å²) in [6.07, 6.45) is 0. The summed E-state index contributed by atoms with van der Waals surface area (Å²) in [4.78, 5) is 12.2. The van der Waals surface area contributed by atoms with Crippen molar-refractivity contribution in [1.82, 2.24) is 4.90 Å². The van der Waals surface area contributed by atoms with Gasteiger partial charge in [0.15, 0.2) is 0 Å². The zero-order chi connectivity index (χ0) is 13.9. The van der Waals surface area contributed by atoms with Crippen LogP contribution in [0.15, 0.2) is 18.2 Å². The van der Waals surface area contributed by atoms with Crippen LogP contribution in [-0.2, 0) is 4.79 Å².